The van der Waals surface area contributed by atoms with Crippen LogP contribution in [0.1, 0.15) is 20.7 Å². The Hall–Kier alpha value is -3.34. The van der Waals surface area contributed by atoms with Gasteiger partial charge in [0.25, 0.3) is 11.8 Å². The number of halogens is 1. The Morgan fingerprint density at radius 2 is 1.46 bits per heavy atom. The van der Waals surface area contributed by atoms with Gasteiger partial charge in [0, 0.05) is 11.8 Å². The second-order valence-electron chi connectivity index (χ2n) is 5.37. The highest BCUT2D eigenvalue weighted by Crippen LogP contribution is 2.35. The minimum absolute atomic E-state index is 0.194. The van der Waals surface area contributed by atoms with Crippen molar-refractivity contribution in [3.63, 3.8) is 0 Å². The highest BCUT2D eigenvalue weighted by molar-refractivity contribution is 6.35. The molecular formula is C19H11FN2O2. The van der Waals surface area contributed by atoms with Crippen LogP contribution in [-0.2, 0) is 0 Å². The van der Waals surface area contributed by atoms with E-state index in [1.54, 1.807) is 48.7 Å². The van der Waals surface area contributed by atoms with E-state index in [9.17, 15) is 14.0 Å². The Bertz CT molecular complexity index is 935. The number of aromatic nitrogens is 1. The molecule has 0 fully saturated rings. The maximum atomic E-state index is 13.8. The maximum absolute atomic E-state index is 13.8. The Kier molecular flexibility index (Phi) is 3.20. The minimum Gasteiger partial charge on any atom is -0.268 e. The van der Waals surface area contributed by atoms with Crippen LogP contribution in [0.2, 0.25) is 0 Å². The summed E-state index contributed by atoms with van der Waals surface area (Å²) >= 11 is 0. The van der Waals surface area contributed by atoms with Crippen molar-refractivity contribution in [3.05, 3.63) is 83.8 Å². The fourth-order valence-corrected chi connectivity index (χ4v) is 2.84. The molecule has 0 spiro atoms. The van der Waals surface area contributed by atoms with E-state index in [1.807, 2.05) is 0 Å². The quantitative estimate of drug-likeness (QED) is 0.677. The molecule has 0 aliphatic carbocycles. The molecule has 0 N–H and O–H groups in total. The molecule has 1 aromatic heterocycles. The van der Waals surface area contributed by atoms with Gasteiger partial charge in [0.05, 0.1) is 22.5 Å². The molecule has 5 heteroatoms. The van der Waals surface area contributed by atoms with Gasteiger partial charge in [-0.15, -0.1) is 0 Å². The highest BCUT2D eigenvalue weighted by Gasteiger charge is 2.37. The summed E-state index contributed by atoms with van der Waals surface area (Å²) in [5, 5.41) is 0. The lowest BCUT2D eigenvalue weighted by Crippen LogP contribution is -2.30. The van der Waals surface area contributed by atoms with Gasteiger partial charge in [-0.3, -0.25) is 14.6 Å². The van der Waals surface area contributed by atoms with Gasteiger partial charge in [-0.1, -0.05) is 18.2 Å². The molecule has 0 saturated heterocycles. The molecule has 2 amide bonds. The van der Waals surface area contributed by atoms with Gasteiger partial charge in [0.2, 0.25) is 0 Å². The fourth-order valence-electron chi connectivity index (χ4n) is 2.84. The summed E-state index contributed by atoms with van der Waals surface area (Å²) in [7, 11) is 0. The molecule has 0 radical (unpaired) electrons. The summed E-state index contributed by atoms with van der Waals surface area (Å²) in [5.74, 6) is -1.45. The Labute approximate surface area is 137 Å². The molecule has 0 unspecified atom stereocenters. The molecular weight excluding hydrogens is 307 g/mol. The smallest absolute Gasteiger partial charge is 0.266 e. The van der Waals surface area contributed by atoms with Crippen LogP contribution in [0, 0.1) is 5.82 Å². The van der Waals surface area contributed by atoms with Crippen molar-refractivity contribution in [1.82, 2.24) is 4.98 Å². The van der Waals surface area contributed by atoms with E-state index in [-0.39, 0.29) is 5.69 Å². The van der Waals surface area contributed by atoms with Gasteiger partial charge < -0.3 is 0 Å². The molecule has 4 rings (SSSR count). The van der Waals surface area contributed by atoms with Gasteiger partial charge in [-0.2, -0.15) is 0 Å². The van der Waals surface area contributed by atoms with Crippen molar-refractivity contribution in [2.75, 3.05) is 4.90 Å². The summed E-state index contributed by atoms with van der Waals surface area (Å²) < 4.78 is 13.8. The van der Waals surface area contributed by atoms with Crippen LogP contribution in [0.25, 0.3) is 11.3 Å². The van der Waals surface area contributed by atoms with Crippen molar-refractivity contribution < 1.29 is 14.0 Å². The van der Waals surface area contributed by atoms with Crippen molar-refractivity contribution in [1.29, 1.82) is 0 Å². The maximum Gasteiger partial charge on any atom is 0.266 e. The molecule has 0 saturated carbocycles. The number of carbonyl (C=O) groups excluding carboxylic acids is 2. The normalized spacial score (nSPS) is 13.3. The average molecular weight is 318 g/mol. The molecule has 4 nitrogen and oxygen atoms in total. The van der Waals surface area contributed by atoms with Crippen LogP contribution in [0.5, 0.6) is 0 Å². The van der Waals surface area contributed by atoms with Gasteiger partial charge in [0.15, 0.2) is 0 Å². The Morgan fingerprint density at radius 3 is 2.08 bits per heavy atom. The van der Waals surface area contributed by atoms with Crippen molar-refractivity contribution >= 4 is 17.5 Å². The van der Waals surface area contributed by atoms with Crippen LogP contribution < -0.4 is 4.90 Å². The number of nitrogens with zero attached hydrogens (tertiary/aromatic N) is 2. The number of pyridine rings is 1. The monoisotopic (exact) mass is 318 g/mol. The standard InChI is InChI=1S/C19H11FN2O2/c20-12-8-9-15(16-7-3-4-10-21-16)17(11-12)22-18(23)13-5-1-2-6-14(13)19(22)24/h1-11H. The van der Waals surface area contributed by atoms with Gasteiger partial charge in [0.1, 0.15) is 5.82 Å². The molecule has 116 valence electrons. The van der Waals surface area contributed by atoms with E-state index in [1.165, 1.54) is 18.2 Å². The number of imide groups is 1. The number of hydrogen-bond acceptors (Lipinski definition) is 3. The van der Waals surface area contributed by atoms with Crippen molar-refractivity contribution in [3.8, 4) is 11.3 Å². The lowest BCUT2D eigenvalue weighted by molar-refractivity contribution is 0.0926. The third-order valence-corrected chi connectivity index (χ3v) is 3.94. The van der Waals surface area contributed by atoms with E-state index in [0.717, 1.165) is 4.90 Å². The summed E-state index contributed by atoms with van der Waals surface area (Å²) in [6.45, 7) is 0. The zero-order valence-corrected chi connectivity index (χ0v) is 12.4. The molecule has 0 bridgehead atoms. The molecule has 1 aliphatic heterocycles. The van der Waals surface area contributed by atoms with E-state index in [4.69, 9.17) is 0 Å². The highest BCUT2D eigenvalue weighted by atomic mass is 19.1. The number of hydrogen-bond donors (Lipinski definition) is 0. The Balaban J connectivity index is 1.91. The number of carbonyl (C=O) groups is 2. The number of benzene rings is 2. The molecule has 3 aromatic rings. The van der Waals surface area contributed by atoms with E-state index < -0.39 is 17.6 Å². The third kappa shape index (κ3) is 2.10. The second kappa shape index (κ2) is 5.38. The Morgan fingerprint density at radius 1 is 0.792 bits per heavy atom. The molecule has 2 aromatic carbocycles. The van der Waals surface area contributed by atoms with Crippen LogP contribution in [-0.4, -0.2) is 16.8 Å². The summed E-state index contributed by atoms with van der Waals surface area (Å²) in [5.41, 5.74) is 1.91. The van der Waals surface area contributed by atoms with Gasteiger partial charge in [-0.05, 0) is 42.5 Å². The first-order valence-corrected chi connectivity index (χ1v) is 7.35. The number of amides is 2. The van der Waals surface area contributed by atoms with Crippen LogP contribution >= 0.6 is 0 Å². The zero-order chi connectivity index (χ0) is 16.7. The lowest BCUT2D eigenvalue weighted by Gasteiger charge is -2.18. The van der Waals surface area contributed by atoms with Crippen LogP contribution in [0.3, 0.4) is 0 Å². The molecule has 2 heterocycles. The molecule has 1 aliphatic rings. The predicted molar refractivity (Wildman–Crippen MR) is 87.2 cm³/mol. The number of fused-ring (bicyclic) bond motifs is 1. The third-order valence-electron chi connectivity index (χ3n) is 3.94. The van der Waals surface area contributed by atoms with Crippen molar-refractivity contribution in [2.45, 2.75) is 0 Å². The topological polar surface area (TPSA) is 50.3 Å². The first-order valence-electron chi connectivity index (χ1n) is 7.35. The van der Waals surface area contributed by atoms with Gasteiger partial charge >= 0.3 is 0 Å². The van der Waals surface area contributed by atoms with E-state index in [2.05, 4.69) is 4.98 Å². The fraction of sp³-hybridized carbons (Fsp3) is 0. The minimum atomic E-state index is -0.527. The largest absolute Gasteiger partial charge is 0.268 e. The summed E-state index contributed by atoms with van der Waals surface area (Å²) in [6, 6.07) is 15.9. The SMILES string of the molecule is O=C1c2ccccc2C(=O)N1c1cc(F)ccc1-c1ccccn1. The first kappa shape index (κ1) is 14.3. The summed E-state index contributed by atoms with van der Waals surface area (Å²) in [4.78, 5) is 30.6. The van der Waals surface area contributed by atoms with E-state index in [0.29, 0.717) is 22.4 Å². The van der Waals surface area contributed by atoms with Crippen LogP contribution in [0.4, 0.5) is 10.1 Å². The van der Waals surface area contributed by atoms with Crippen LogP contribution in [0.15, 0.2) is 66.9 Å². The number of anilines is 1. The lowest BCUT2D eigenvalue weighted by atomic mass is 10.1. The van der Waals surface area contributed by atoms with Gasteiger partial charge in [-0.25, -0.2) is 9.29 Å². The predicted octanol–water partition coefficient (Wildman–Crippen LogP) is 3.69. The van der Waals surface area contributed by atoms with E-state index >= 15 is 0 Å². The first-order chi connectivity index (χ1) is 11.7. The average Bonchev–Trinajstić information content (AvgIpc) is 2.87. The zero-order valence-electron chi connectivity index (χ0n) is 12.4. The van der Waals surface area contributed by atoms with Crippen molar-refractivity contribution in [2.24, 2.45) is 0 Å². The molecule has 24 heavy (non-hydrogen) atoms. The second-order valence-corrected chi connectivity index (χ2v) is 5.37. The summed E-state index contributed by atoms with van der Waals surface area (Å²) in [6.07, 6.45) is 1.60. The molecule has 0 atom stereocenters. The number of rotatable bonds is 2.